The molecule has 0 heterocycles. The number of aliphatic carboxylic acids is 1. The maximum atomic E-state index is 11.9. The highest BCUT2D eigenvalue weighted by molar-refractivity contribution is 6.28. The number of nitrogens with two attached hydrogens (primary N) is 3. The van der Waals surface area contributed by atoms with Crippen LogP contribution in [-0.4, -0.2) is 65.7 Å². The van der Waals surface area contributed by atoms with Crippen molar-refractivity contribution >= 4 is 41.1 Å². The third-order valence-electron chi connectivity index (χ3n) is 3.23. The molecule has 0 radical (unpaired) electrons. The number of hydrogen-bond acceptors (Lipinski definition) is 6. The van der Waals surface area contributed by atoms with E-state index in [1.165, 1.54) is 0 Å². The number of hydrogen-bond donors (Lipinski definition) is 6. The average Bonchev–Trinajstić information content (AvgIpc) is 2.58. The Morgan fingerprint density at radius 2 is 1.81 bits per heavy atom. The Bertz CT molecular complexity index is 538. The average molecular weight is 393 g/mol. The minimum absolute atomic E-state index is 0.0546. The van der Waals surface area contributed by atoms with Gasteiger partial charge in [0, 0.05) is 13.0 Å². The number of nitrogens with zero attached hydrogens (tertiary/aromatic N) is 1. The van der Waals surface area contributed by atoms with Gasteiger partial charge in [0.15, 0.2) is 11.7 Å². The zero-order chi connectivity index (χ0) is 20.1. The number of carbonyl (C=O) groups is 4. The Morgan fingerprint density at radius 1 is 1.15 bits per heavy atom. The smallest absolute Gasteiger partial charge is 0.303 e. The van der Waals surface area contributed by atoms with E-state index in [-0.39, 0.29) is 36.9 Å². The van der Waals surface area contributed by atoms with E-state index < -0.39 is 36.4 Å². The lowest BCUT2D eigenvalue weighted by Gasteiger charge is -2.17. The predicted molar refractivity (Wildman–Crippen MR) is 95.4 cm³/mol. The topological polar surface area (TPSA) is 203 Å². The lowest BCUT2D eigenvalue weighted by atomic mass is 10.1. The molecule has 148 valence electrons. The lowest BCUT2D eigenvalue weighted by Crippen LogP contribution is -2.48. The van der Waals surface area contributed by atoms with Gasteiger partial charge < -0.3 is 32.9 Å². The molecule has 0 aliphatic carbocycles. The van der Waals surface area contributed by atoms with Crippen molar-refractivity contribution in [3.05, 3.63) is 0 Å². The van der Waals surface area contributed by atoms with E-state index in [1.807, 2.05) is 0 Å². The van der Waals surface area contributed by atoms with E-state index >= 15 is 0 Å². The number of alkyl halides is 1. The van der Waals surface area contributed by atoms with Crippen LogP contribution in [0.15, 0.2) is 4.99 Å². The van der Waals surface area contributed by atoms with E-state index in [1.54, 1.807) is 0 Å². The molecule has 0 aliphatic heterocycles. The number of aliphatic imine (C=N–C) groups is 1. The largest absolute Gasteiger partial charge is 0.481 e. The highest BCUT2D eigenvalue weighted by Crippen LogP contribution is 2.01. The summed E-state index contributed by atoms with van der Waals surface area (Å²) in [6.45, 7) is -0.112. The number of guanidine groups is 1. The number of amides is 2. The number of carboxylic acids is 1. The molecule has 0 aliphatic rings. The molecule has 0 spiro atoms. The second-order valence-corrected chi connectivity index (χ2v) is 5.69. The fourth-order valence-electron chi connectivity index (χ4n) is 1.86. The maximum Gasteiger partial charge on any atom is 0.303 e. The first-order valence-electron chi connectivity index (χ1n) is 7.85. The number of halogens is 1. The van der Waals surface area contributed by atoms with Crippen molar-refractivity contribution in [1.82, 2.24) is 10.6 Å². The van der Waals surface area contributed by atoms with Gasteiger partial charge in [-0.15, -0.1) is 11.6 Å². The zero-order valence-electron chi connectivity index (χ0n) is 14.2. The van der Waals surface area contributed by atoms with Crippen molar-refractivity contribution < 1.29 is 24.3 Å². The van der Waals surface area contributed by atoms with E-state index in [4.69, 9.17) is 33.9 Å². The Balaban J connectivity index is 4.38. The normalized spacial score (nSPS) is 12.5. The van der Waals surface area contributed by atoms with Gasteiger partial charge in [-0.3, -0.25) is 24.2 Å². The number of nitrogens with one attached hydrogen (secondary N) is 2. The first-order chi connectivity index (χ1) is 12.2. The quantitative estimate of drug-likeness (QED) is 0.0863. The van der Waals surface area contributed by atoms with Gasteiger partial charge >= 0.3 is 5.97 Å². The summed E-state index contributed by atoms with van der Waals surface area (Å²) in [4.78, 5) is 49.5. The molecule has 0 rings (SSSR count). The molecule has 0 unspecified atom stereocenters. The summed E-state index contributed by atoms with van der Waals surface area (Å²) >= 11 is 5.52. The van der Waals surface area contributed by atoms with Crippen molar-refractivity contribution in [3.63, 3.8) is 0 Å². The molecule has 11 nitrogen and oxygen atoms in total. The third kappa shape index (κ3) is 11.2. The molecule has 2 atom stereocenters. The minimum atomic E-state index is -1.07. The van der Waals surface area contributed by atoms with Gasteiger partial charge in [0.2, 0.25) is 11.8 Å². The van der Waals surface area contributed by atoms with Crippen LogP contribution in [0.3, 0.4) is 0 Å². The van der Waals surface area contributed by atoms with Crippen LogP contribution in [0.2, 0.25) is 0 Å². The van der Waals surface area contributed by atoms with Crippen LogP contribution in [0.4, 0.5) is 0 Å². The van der Waals surface area contributed by atoms with Gasteiger partial charge in [-0.05, 0) is 19.3 Å². The van der Waals surface area contributed by atoms with E-state index in [0.717, 1.165) is 0 Å². The summed E-state index contributed by atoms with van der Waals surface area (Å²) in [5, 5.41) is 13.3. The molecular weight excluding hydrogens is 368 g/mol. The first-order valence-corrected chi connectivity index (χ1v) is 8.39. The Hall–Kier alpha value is -2.40. The minimum Gasteiger partial charge on any atom is -0.481 e. The molecule has 0 fully saturated rings. The molecule has 0 aromatic heterocycles. The van der Waals surface area contributed by atoms with E-state index in [0.29, 0.717) is 13.0 Å². The third-order valence-corrected chi connectivity index (χ3v) is 3.49. The summed E-state index contributed by atoms with van der Waals surface area (Å²) in [6, 6.07) is -1.87. The molecular formula is C14H25ClN6O5. The van der Waals surface area contributed by atoms with Crippen molar-refractivity contribution in [2.75, 3.05) is 19.0 Å². The number of Topliss-reactive ketones (excluding diaryl/α,β-unsaturated/α-hetero) is 1. The zero-order valence-corrected chi connectivity index (χ0v) is 15.0. The van der Waals surface area contributed by atoms with Crippen molar-refractivity contribution in [2.45, 2.75) is 37.8 Å². The lowest BCUT2D eigenvalue weighted by molar-refractivity contribution is -0.137. The SMILES string of the molecule is NC(N)=NCCC[C@H](NC(=O)CNC(=O)[C@H](N)CCC(=O)O)C(=O)CCl. The second-order valence-electron chi connectivity index (χ2n) is 5.43. The first kappa shape index (κ1) is 23.6. The second kappa shape index (κ2) is 12.9. The summed E-state index contributed by atoms with van der Waals surface area (Å²) in [5.41, 5.74) is 15.9. The highest BCUT2D eigenvalue weighted by atomic mass is 35.5. The molecule has 0 saturated heterocycles. The van der Waals surface area contributed by atoms with Gasteiger partial charge in [-0.25, -0.2) is 0 Å². The summed E-state index contributed by atoms with van der Waals surface area (Å²) in [7, 11) is 0. The fourth-order valence-corrected chi connectivity index (χ4v) is 2.05. The van der Waals surface area contributed by atoms with Gasteiger partial charge in [0.25, 0.3) is 0 Å². The van der Waals surface area contributed by atoms with Gasteiger partial charge in [-0.1, -0.05) is 0 Å². The Labute approximate surface area is 155 Å². The number of ketones is 1. The maximum absolute atomic E-state index is 11.9. The van der Waals surface area contributed by atoms with Gasteiger partial charge in [0.05, 0.1) is 24.5 Å². The van der Waals surface area contributed by atoms with Crippen LogP contribution in [0.5, 0.6) is 0 Å². The van der Waals surface area contributed by atoms with E-state index in [2.05, 4.69) is 15.6 Å². The van der Waals surface area contributed by atoms with Crippen molar-refractivity contribution in [2.24, 2.45) is 22.2 Å². The fraction of sp³-hybridized carbons (Fsp3) is 0.643. The molecule has 9 N–H and O–H groups in total. The standard InChI is InChI=1S/C14H25ClN6O5/c15-6-10(22)9(2-1-5-19-14(17)18)21-11(23)7-20-13(26)8(16)3-4-12(24)25/h8-9H,1-7,16H2,(H,20,26)(H,21,23)(H,24,25)(H4,17,18,19)/t8-,9+/m1/s1. The van der Waals surface area contributed by atoms with Gasteiger partial charge in [-0.2, -0.15) is 0 Å². The van der Waals surface area contributed by atoms with Crippen LogP contribution in [-0.2, 0) is 19.2 Å². The molecule has 0 saturated carbocycles. The van der Waals surface area contributed by atoms with Crippen molar-refractivity contribution in [1.29, 1.82) is 0 Å². The van der Waals surface area contributed by atoms with Crippen molar-refractivity contribution in [3.8, 4) is 0 Å². The summed E-state index contributed by atoms with van der Waals surface area (Å²) in [6.07, 6.45) is 0.405. The van der Waals surface area contributed by atoms with Crippen LogP contribution in [0.25, 0.3) is 0 Å². The summed E-state index contributed by atoms with van der Waals surface area (Å²) < 4.78 is 0. The molecule has 12 heteroatoms. The number of rotatable bonds is 13. The predicted octanol–water partition coefficient (Wildman–Crippen LogP) is -2.36. The number of carboxylic acid groups (broad SMARTS) is 1. The van der Waals surface area contributed by atoms with Crippen LogP contribution >= 0.6 is 11.6 Å². The summed E-state index contributed by atoms with van der Waals surface area (Å²) in [5.74, 6) is -3.07. The van der Waals surface area contributed by atoms with E-state index in [9.17, 15) is 19.2 Å². The molecule has 2 amide bonds. The van der Waals surface area contributed by atoms with Crippen LogP contribution in [0, 0.1) is 0 Å². The highest BCUT2D eigenvalue weighted by Gasteiger charge is 2.21. The van der Waals surface area contributed by atoms with Gasteiger partial charge in [0.1, 0.15) is 0 Å². The van der Waals surface area contributed by atoms with Crippen LogP contribution < -0.4 is 27.8 Å². The molecule has 0 aromatic carbocycles. The molecule has 0 aromatic rings. The Kier molecular flexibility index (Phi) is 11.7. The monoisotopic (exact) mass is 392 g/mol. The molecule has 0 bridgehead atoms. The van der Waals surface area contributed by atoms with Crippen LogP contribution in [0.1, 0.15) is 25.7 Å². The number of carbonyl (C=O) groups excluding carboxylic acids is 3. The molecule has 26 heavy (non-hydrogen) atoms. The Morgan fingerprint density at radius 3 is 2.35 bits per heavy atom.